The highest BCUT2D eigenvalue weighted by Crippen LogP contribution is 2.39. The summed E-state index contributed by atoms with van der Waals surface area (Å²) in [6.07, 6.45) is 2.47. The monoisotopic (exact) mass is 498 g/mol. The van der Waals surface area contributed by atoms with Crippen LogP contribution in [-0.4, -0.2) is 37.8 Å². The standard InChI is InChI=1S/C24H26N4O4S2/c1-14-3-7-19-21(11-14)33-24(26-19)27-22(29)9-10-25-34(31,32)18-6-8-20-17(13-18)12-15(2)28(20)23(30)16-4-5-16/h3,6-8,11,13,15-16,25H,4-5,9-10,12H2,1-2H3,(H,26,27,29). The van der Waals surface area contributed by atoms with Crippen molar-refractivity contribution < 1.29 is 18.0 Å². The molecule has 1 unspecified atom stereocenters. The van der Waals surface area contributed by atoms with Crippen LogP contribution in [0.5, 0.6) is 0 Å². The summed E-state index contributed by atoms with van der Waals surface area (Å²) in [7, 11) is -3.78. The van der Waals surface area contributed by atoms with Gasteiger partial charge >= 0.3 is 0 Å². The number of amides is 2. The highest BCUT2D eigenvalue weighted by atomic mass is 32.2. The fraction of sp³-hybridized carbons (Fsp3) is 0.375. The van der Waals surface area contributed by atoms with Crippen LogP contribution in [-0.2, 0) is 26.0 Å². The van der Waals surface area contributed by atoms with Gasteiger partial charge in [0, 0.05) is 30.6 Å². The molecule has 10 heteroatoms. The van der Waals surface area contributed by atoms with Crippen molar-refractivity contribution in [3.05, 3.63) is 47.5 Å². The van der Waals surface area contributed by atoms with E-state index in [-0.39, 0.29) is 41.6 Å². The highest BCUT2D eigenvalue weighted by molar-refractivity contribution is 7.89. The predicted octanol–water partition coefficient (Wildman–Crippen LogP) is 3.60. The second kappa shape index (κ2) is 8.75. The number of benzene rings is 2. The van der Waals surface area contributed by atoms with Gasteiger partial charge in [-0.05, 0) is 74.6 Å². The number of nitrogens with one attached hydrogen (secondary N) is 2. The first kappa shape index (κ1) is 22.9. The molecular weight excluding hydrogens is 472 g/mol. The molecule has 1 aliphatic carbocycles. The van der Waals surface area contributed by atoms with Gasteiger partial charge in [-0.2, -0.15) is 0 Å². The average molecular weight is 499 g/mol. The van der Waals surface area contributed by atoms with Crippen molar-refractivity contribution in [2.75, 3.05) is 16.8 Å². The van der Waals surface area contributed by atoms with E-state index in [4.69, 9.17) is 0 Å². The Morgan fingerprint density at radius 2 is 1.97 bits per heavy atom. The molecule has 2 N–H and O–H groups in total. The molecule has 178 valence electrons. The largest absolute Gasteiger partial charge is 0.309 e. The topological polar surface area (TPSA) is 108 Å². The van der Waals surface area contributed by atoms with Gasteiger partial charge in [0.05, 0.1) is 15.1 Å². The molecule has 1 atom stereocenters. The average Bonchev–Trinajstić information content (AvgIpc) is 3.47. The molecule has 1 aromatic heterocycles. The summed E-state index contributed by atoms with van der Waals surface area (Å²) in [6, 6.07) is 10.8. The Labute approximate surface area is 202 Å². The first-order valence-corrected chi connectivity index (χ1v) is 13.6. The van der Waals surface area contributed by atoms with Crippen molar-refractivity contribution in [2.45, 2.75) is 50.5 Å². The summed E-state index contributed by atoms with van der Waals surface area (Å²) in [4.78, 5) is 31.3. The fourth-order valence-electron chi connectivity index (χ4n) is 4.29. The van der Waals surface area contributed by atoms with Gasteiger partial charge < -0.3 is 10.2 Å². The molecule has 0 radical (unpaired) electrons. The smallest absolute Gasteiger partial charge is 0.240 e. The Bertz CT molecular complexity index is 1400. The van der Waals surface area contributed by atoms with E-state index < -0.39 is 10.0 Å². The molecule has 2 aromatic carbocycles. The maximum absolute atomic E-state index is 12.8. The molecule has 2 amide bonds. The zero-order valence-corrected chi connectivity index (χ0v) is 20.6. The van der Waals surface area contributed by atoms with Gasteiger partial charge in [-0.3, -0.25) is 9.59 Å². The second-order valence-electron chi connectivity index (χ2n) is 9.01. The Hall–Kier alpha value is -2.82. The number of nitrogens with zero attached hydrogens (tertiary/aromatic N) is 2. The van der Waals surface area contributed by atoms with E-state index in [0.29, 0.717) is 11.6 Å². The number of fused-ring (bicyclic) bond motifs is 2. The van der Waals surface area contributed by atoms with E-state index >= 15 is 0 Å². The number of carbonyl (C=O) groups excluding carboxylic acids is 2. The number of anilines is 2. The van der Waals surface area contributed by atoms with Gasteiger partial charge in [0.2, 0.25) is 21.8 Å². The van der Waals surface area contributed by atoms with Crippen molar-refractivity contribution in [1.29, 1.82) is 0 Å². The zero-order valence-electron chi connectivity index (χ0n) is 19.0. The number of hydrogen-bond acceptors (Lipinski definition) is 6. The minimum atomic E-state index is -3.78. The van der Waals surface area contributed by atoms with E-state index in [1.807, 2.05) is 36.9 Å². The number of aromatic nitrogens is 1. The number of rotatable bonds is 7. The third-order valence-electron chi connectivity index (χ3n) is 6.18. The van der Waals surface area contributed by atoms with Crippen LogP contribution < -0.4 is 14.9 Å². The van der Waals surface area contributed by atoms with Crippen LogP contribution in [0, 0.1) is 12.8 Å². The van der Waals surface area contributed by atoms with Gasteiger partial charge in [-0.25, -0.2) is 18.1 Å². The Morgan fingerprint density at radius 3 is 2.74 bits per heavy atom. The third-order valence-corrected chi connectivity index (χ3v) is 8.57. The lowest BCUT2D eigenvalue weighted by Crippen LogP contribution is -2.36. The molecule has 8 nitrogen and oxygen atoms in total. The van der Waals surface area contributed by atoms with Gasteiger partial charge in [0.1, 0.15) is 0 Å². The summed E-state index contributed by atoms with van der Waals surface area (Å²) < 4.78 is 29.1. The molecule has 2 aliphatic rings. The van der Waals surface area contributed by atoms with E-state index in [9.17, 15) is 18.0 Å². The lowest BCUT2D eigenvalue weighted by atomic mass is 10.1. The van der Waals surface area contributed by atoms with Crippen molar-refractivity contribution >= 4 is 54.2 Å². The summed E-state index contributed by atoms with van der Waals surface area (Å²) >= 11 is 1.39. The fourth-order valence-corrected chi connectivity index (χ4v) is 6.35. The number of hydrogen-bond donors (Lipinski definition) is 2. The Kier molecular flexibility index (Phi) is 5.91. The first-order chi connectivity index (χ1) is 16.2. The minimum Gasteiger partial charge on any atom is -0.309 e. The molecule has 3 aromatic rings. The summed E-state index contributed by atoms with van der Waals surface area (Å²) in [5.74, 6) is -0.0683. The van der Waals surface area contributed by atoms with E-state index in [2.05, 4.69) is 15.0 Å². The Morgan fingerprint density at radius 1 is 1.18 bits per heavy atom. The molecular formula is C24H26N4O4S2. The third kappa shape index (κ3) is 4.57. The van der Waals surface area contributed by atoms with Crippen LogP contribution in [0.15, 0.2) is 41.3 Å². The molecule has 2 heterocycles. The van der Waals surface area contributed by atoms with E-state index in [1.54, 1.807) is 12.1 Å². The molecule has 0 saturated heterocycles. The van der Waals surface area contributed by atoms with Crippen LogP contribution in [0.4, 0.5) is 10.8 Å². The molecule has 5 rings (SSSR count). The van der Waals surface area contributed by atoms with Crippen molar-refractivity contribution in [3.8, 4) is 0 Å². The molecule has 1 aliphatic heterocycles. The number of sulfonamides is 1. The van der Waals surface area contributed by atoms with Crippen LogP contribution in [0.1, 0.15) is 37.3 Å². The number of thiazole rings is 1. The van der Waals surface area contributed by atoms with Crippen LogP contribution in [0.25, 0.3) is 10.2 Å². The van der Waals surface area contributed by atoms with Crippen LogP contribution in [0.3, 0.4) is 0 Å². The number of carbonyl (C=O) groups is 2. The molecule has 0 spiro atoms. The minimum absolute atomic E-state index is 0.0141. The van der Waals surface area contributed by atoms with Gasteiger partial charge in [-0.1, -0.05) is 17.4 Å². The van der Waals surface area contributed by atoms with Crippen LogP contribution >= 0.6 is 11.3 Å². The quantitative estimate of drug-likeness (QED) is 0.517. The molecule has 0 bridgehead atoms. The lowest BCUT2D eigenvalue weighted by molar-refractivity contribution is -0.120. The summed E-state index contributed by atoms with van der Waals surface area (Å²) in [5.41, 5.74) is 3.59. The van der Waals surface area contributed by atoms with Gasteiger partial charge in [-0.15, -0.1) is 0 Å². The normalized spacial score (nSPS) is 17.7. The zero-order chi connectivity index (χ0) is 24.0. The first-order valence-electron chi connectivity index (χ1n) is 11.3. The predicted molar refractivity (Wildman–Crippen MR) is 133 cm³/mol. The SMILES string of the molecule is Cc1ccc2nc(NC(=O)CCNS(=O)(=O)c3ccc4c(c3)CC(C)N4C(=O)C3CC3)sc2c1. The summed E-state index contributed by atoms with van der Waals surface area (Å²) in [5, 5.41) is 3.23. The molecule has 1 fully saturated rings. The van der Waals surface area contributed by atoms with E-state index in [1.165, 1.54) is 17.4 Å². The van der Waals surface area contributed by atoms with Gasteiger partial charge in [0.15, 0.2) is 5.13 Å². The molecule has 34 heavy (non-hydrogen) atoms. The van der Waals surface area contributed by atoms with E-state index in [0.717, 1.165) is 39.9 Å². The lowest BCUT2D eigenvalue weighted by Gasteiger charge is -2.22. The summed E-state index contributed by atoms with van der Waals surface area (Å²) in [6.45, 7) is 3.95. The maximum Gasteiger partial charge on any atom is 0.240 e. The number of aryl methyl sites for hydroxylation is 1. The van der Waals surface area contributed by atoms with Gasteiger partial charge in [0.25, 0.3) is 0 Å². The maximum atomic E-state index is 12.8. The highest BCUT2D eigenvalue weighted by Gasteiger charge is 2.39. The Balaban J connectivity index is 1.20. The van der Waals surface area contributed by atoms with Crippen molar-refractivity contribution in [3.63, 3.8) is 0 Å². The van der Waals surface area contributed by atoms with Crippen molar-refractivity contribution in [1.82, 2.24) is 9.71 Å². The van der Waals surface area contributed by atoms with Crippen molar-refractivity contribution in [2.24, 2.45) is 5.92 Å². The molecule has 1 saturated carbocycles. The van der Waals surface area contributed by atoms with Crippen LogP contribution in [0.2, 0.25) is 0 Å². The second-order valence-corrected chi connectivity index (χ2v) is 11.8.